The zero-order chi connectivity index (χ0) is 28.5. The number of rotatable bonds is 8. The van der Waals surface area contributed by atoms with Gasteiger partial charge in [-0.1, -0.05) is 0 Å². The number of carbonyl (C=O) groups excluding carboxylic acids is 2. The van der Waals surface area contributed by atoms with Crippen LogP contribution in [0.3, 0.4) is 0 Å². The van der Waals surface area contributed by atoms with Gasteiger partial charge < -0.3 is 19.2 Å². The lowest BCUT2D eigenvalue weighted by Gasteiger charge is -2.47. The molecule has 214 valence electrons. The molecule has 41 heavy (non-hydrogen) atoms. The van der Waals surface area contributed by atoms with E-state index in [1.807, 2.05) is 0 Å². The average molecular weight is 585 g/mol. The second kappa shape index (κ2) is 11.4. The van der Waals surface area contributed by atoms with Crippen molar-refractivity contribution in [2.75, 3.05) is 13.4 Å². The Morgan fingerprint density at radius 2 is 1.85 bits per heavy atom. The Morgan fingerprint density at radius 1 is 1.05 bits per heavy atom. The number of halogens is 2. The van der Waals surface area contributed by atoms with Crippen LogP contribution in [0.25, 0.3) is 33.3 Å². The average Bonchev–Trinajstić information content (AvgIpc) is 3.65. The van der Waals surface area contributed by atoms with E-state index in [9.17, 15) is 14.0 Å². The molecule has 14 heteroatoms. The summed E-state index contributed by atoms with van der Waals surface area (Å²) in [5, 5.41) is 2.08. The molecule has 3 fully saturated rings. The van der Waals surface area contributed by atoms with Gasteiger partial charge in [-0.25, -0.2) is 34.1 Å². The molecule has 0 unspecified atom stereocenters. The van der Waals surface area contributed by atoms with Crippen molar-refractivity contribution in [2.45, 2.75) is 39.0 Å². The maximum atomic E-state index is 16.1. The molecule has 3 aliphatic carbocycles. The molecule has 2 atom stereocenters. The molecule has 0 amide bonds. The standard InChI is InChI=1S/C27H26F2N6O5S/c1-2-38-27(37)40-12-39-26(36)19-14-5-3-13(4-6-14)15(19)9-17-20(29)22(25-30-7-8-41-25)35-23(33-17)16-10-31-24-21(16)34-18(28)11-32-24/h7-8,10-11,13-15,19H,2-6,9,12H2,1H3,(H,31,32)/t13?,14?,15-,19-/m0/s1. The topological polar surface area (TPSA) is 142 Å². The van der Waals surface area contributed by atoms with Gasteiger partial charge in [0.05, 0.1) is 30.0 Å². The molecule has 11 nitrogen and oxygen atoms in total. The molecule has 7 rings (SSSR count). The fourth-order valence-corrected chi connectivity index (χ4v) is 6.74. The minimum absolute atomic E-state index is 0.0154. The molecule has 0 aromatic carbocycles. The van der Waals surface area contributed by atoms with Crippen molar-refractivity contribution in [3.63, 3.8) is 0 Å². The van der Waals surface area contributed by atoms with Crippen LogP contribution < -0.4 is 0 Å². The number of hydrogen-bond donors (Lipinski definition) is 1. The summed E-state index contributed by atoms with van der Waals surface area (Å²) < 4.78 is 44.9. The van der Waals surface area contributed by atoms with Crippen molar-refractivity contribution in [3.05, 3.63) is 41.4 Å². The number of aromatic nitrogens is 6. The van der Waals surface area contributed by atoms with Crippen LogP contribution in [0.4, 0.5) is 13.6 Å². The van der Waals surface area contributed by atoms with Crippen LogP contribution in [0.1, 0.15) is 38.3 Å². The number of aromatic amines is 1. The number of fused-ring (bicyclic) bond motifs is 4. The molecule has 4 aromatic rings. The van der Waals surface area contributed by atoms with Gasteiger partial charge in [0.2, 0.25) is 12.7 Å². The number of thiazole rings is 1. The van der Waals surface area contributed by atoms with Gasteiger partial charge in [0.25, 0.3) is 0 Å². The van der Waals surface area contributed by atoms with Crippen LogP contribution in [0.5, 0.6) is 0 Å². The molecule has 0 saturated heterocycles. The number of nitrogens with zero attached hydrogens (tertiary/aromatic N) is 5. The number of esters is 1. The van der Waals surface area contributed by atoms with E-state index in [1.165, 1.54) is 11.3 Å². The van der Waals surface area contributed by atoms with E-state index in [-0.39, 0.29) is 53.5 Å². The van der Waals surface area contributed by atoms with E-state index in [2.05, 4.69) is 29.9 Å². The maximum Gasteiger partial charge on any atom is 0.511 e. The van der Waals surface area contributed by atoms with Crippen molar-refractivity contribution in [1.82, 2.24) is 29.9 Å². The summed E-state index contributed by atoms with van der Waals surface area (Å²) in [4.78, 5) is 48.9. The van der Waals surface area contributed by atoms with Gasteiger partial charge in [-0.2, -0.15) is 4.39 Å². The zero-order valence-corrected chi connectivity index (χ0v) is 22.8. The van der Waals surface area contributed by atoms with Crippen molar-refractivity contribution < 1.29 is 32.6 Å². The number of carbonyl (C=O) groups is 2. The Balaban J connectivity index is 1.35. The number of H-pyrrole nitrogens is 1. The SMILES string of the molecule is CCOC(=O)OCOC(=O)[C@H]1C2CCC(CC2)[C@@H]1Cc1nc(-c2c[nH]c3ncc(F)nc23)nc(-c2nccs2)c1F. The van der Waals surface area contributed by atoms with Gasteiger partial charge in [-0.15, -0.1) is 11.3 Å². The highest BCUT2D eigenvalue weighted by atomic mass is 32.1. The van der Waals surface area contributed by atoms with E-state index in [4.69, 9.17) is 14.2 Å². The van der Waals surface area contributed by atoms with Gasteiger partial charge >= 0.3 is 12.1 Å². The predicted molar refractivity (Wildman–Crippen MR) is 141 cm³/mol. The van der Waals surface area contributed by atoms with E-state index in [0.717, 1.165) is 31.9 Å². The van der Waals surface area contributed by atoms with Gasteiger partial charge in [-0.05, 0) is 56.8 Å². The van der Waals surface area contributed by atoms with Crippen molar-refractivity contribution in [1.29, 1.82) is 0 Å². The molecule has 0 aliphatic heterocycles. The summed E-state index contributed by atoms with van der Waals surface area (Å²) in [5.41, 5.74) is 1.05. The molecule has 3 saturated carbocycles. The minimum atomic E-state index is -0.922. The minimum Gasteiger partial charge on any atom is -0.435 e. The third-order valence-corrected chi connectivity index (χ3v) is 8.66. The molecular weight excluding hydrogens is 558 g/mol. The Kier molecular flexibility index (Phi) is 7.56. The van der Waals surface area contributed by atoms with Crippen molar-refractivity contribution >= 4 is 34.6 Å². The molecule has 1 N–H and O–H groups in total. The Morgan fingerprint density at radius 3 is 2.61 bits per heavy atom. The Labute approximate surface area is 236 Å². The molecule has 4 heterocycles. The summed E-state index contributed by atoms with van der Waals surface area (Å²) in [6.45, 7) is 1.21. The van der Waals surface area contributed by atoms with Crippen LogP contribution in [-0.4, -0.2) is 55.4 Å². The maximum absolute atomic E-state index is 16.1. The van der Waals surface area contributed by atoms with E-state index < -0.39 is 36.6 Å². The smallest absolute Gasteiger partial charge is 0.435 e. The number of ether oxygens (including phenoxy) is 3. The third-order valence-electron chi connectivity index (χ3n) is 7.88. The van der Waals surface area contributed by atoms with Gasteiger partial charge in [0, 0.05) is 17.8 Å². The molecule has 2 bridgehead atoms. The highest BCUT2D eigenvalue weighted by molar-refractivity contribution is 7.13. The number of nitrogens with one attached hydrogen (secondary N) is 1. The summed E-state index contributed by atoms with van der Waals surface area (Å²) in [5.74, 6) is -2.28. The first-order chi connectivity index (χ1) is 19.9. The first-order valence-corrected chi connectivity index (χ1v) is 14.2. The molecule has 0 radical (unpaired) electrons. The third kappa shape index (κ3) is 5.35. The van der Waals surface area contributed by atoms with Gasteiger partial charge in [0.1, 0.15) is 16.2 Å². The fourth-order valence-electron chi connectivity index (χ4n) is 6.12. The normalized spacial score (nSPS) is 21.6. The molecular formula is C27H26F2N6O5S. The lowest BCUT2D eigenvalue weighted by Crippen LogP contribution is -2.46. The quantitative estimate of drug-likeness (QED) is 0.220. The monoisotopic (exact) mass is 584 g/mol. The molecule has 3 aliphatic rings. The summed E-state index contributed by atoms with van der Waals surface area (Å²) in [6, 6.07) is 0. The van der Waals surface area contributed by atoms with Crippen LogP contribution in [0, 0.1) is 35.4 Å². The summed E-state index contributed by atoms with van der Waals surface area (Å²) >= 11 is 1.23. The largest absolute Gasteiger partial charge is 0.511 e. The fraction of sp³-hybridized carbons (Fsp3) is 0.444. The lowest BCUT2D eigenvalue weighted by atomic mass is 9.57. The van der Waals surface area contributed by atoms with E-state index in [0.29, 0.717) is 16.2 Å². The van der Waals surface area contributed by atoms with Gasteiger partial charge in [-0.3, -0.25) is 4.79 Å². The second-order valence-corrected chi connectivity index (χ2v) is 11.0. The lowest BCUT2D eigenvalue weighted by molar-refractivity contribution is -0.168. The highest BCUT2D eigenvalue weighted by Crippen LogP contribution is 2.50. The zero-order valence-electron chi connectivity index (χ0n) is 22.0. The summed E-state index contributed by atoms with van der Waals surface area (Å²) in [6.07, 6.45) is 6.88. The van der Waals surface area contributed by atoms with Crippen LogP contribution in [0.15, 0.2) is 24.0 Å². The molecule has 4 aromatic heterocycles. The first-order valence-electron chi connectivity index (χ1n) is 13.3. The molecule has 0 spiro atoms. The summed E-state index contributed by atoms with van der Waals surface area (Å²) in [7, 11) is 0. The van der Waals surface area contributed by atoms with E-state index in [1.54, 1.807) is 24.7 Å². The Bertz CT molecular complexity index is 1570. The predicted octanol–water partition coefficient (Wildman–Crippen LogP) is 5.09. The van der Waals surface area contributed by atoms with Gasteiger partial charge in [0.15, 0.2) is 17.3 Å². The van der Waals surface area contributed by atoms with Crippen LogP contribution >= 0.6 is 11.3 Å². The Hall–Kier alpha value is -4.07. The van der Waals surface area contributed by atoms with Crippen molar-refractivity contribution in [2.24, 2.45) is 23.7 Å². The number of hydrogen-bond acceptors (Lipinski definition) is 11. The van der Waals surface area contributed by atoms with Crippen LogP contribution in [0.2, 0.25) is 0 Å². The van der Waals surface area contributed by atoms with Crippen molar-refractivity contribution in [3.8, 4) is 22.1 Å². The van der Waals surface area contributed by atoms with E-state index >= 15 is 4.39 Å². The van der Waals surface area contributed by atoms with Crippen LogP contribution in [-0.2, 0) is 25.4 Å². The second-order valence-electron chi connectivity index (χ2n) is 10.1. The highest BCUT2D eigenvalue weighted by Gasteiger charge is 2.48. The first kappa shape index (κ1) is 27.1.